The van der Waals surface area contributed by atoms with Gasteiger partial charge in [-0.1, -0.05) is 37.3 Å². The first kappa shape index (κ1) is 13.8. The normalized spacial score (nSPS) is 10.7. The Morgan fingerprint density at radius 2 is 2.00 bits per heavy atom. The van der Waals surface area contributed by atoms with Crippen molar-refractivity contribution in [2.24, 2.45) is 0 Å². The number of anilines is 1. The van der Waals surface area contributed by atoms with E-state index in [2.05, 4.69) is 40.7 Å². The van der Waals surface area contributed by atoms with Gasteiger partial charge in [-0.05, 0) is 12.0 Å². The molecular weight excluding hydrogens is 280 g/mol. The molecule has 0 unspecified atom stereocenters. The molecule has 5 heteroatoms. The van der Waals surface area contributed by atoms with Crippen LogP contribution in [-0.2, 0) is 6.54 Å². The number of hydrogen-bond acceptors (Lipinski definition) is 4. The van der Waals surface area contributed by atoms with Crippen LogP contribution in [0.2, 0.25) is 0 Å². The van der Waals surface area contributed by atoms with Crippen molar-refractivity contribution in [1.82, 2.24) is 14.8 Å². The van der Waals surface area contributed by atoms with Crippen molar-refractivity contribution >= 4 is 16.5 Å². The monoisotopic (exact) mass is 298 g/mol. The van der Waals surface area contributed by atoms with Crippen LogP contribution in [0.4, 0.5) is 5.13 Å². The summed E-state index contributed by atoms with van der Waals surface area (Å²) in [6.45, 7) is 3.88. The fourth-order valence-electron chi connectivity index (χ4n) is 2.08. The molecule has 3 rings (SSSR count). The summed E-state index contributed by atoms with van der Waals surface area (Å²) in [6, 6.07) is 10.3. The number of rotatable bonds is 6. The second-order valence-electron chi connectivity index (χ2n) is 4.85. The van der Waals surface area contributed by atoms with Gasteiger partial charge >= 0.3 is 0 Å². The summed E-state index contributed by atoms with van der Waals surface area (Å²) in [5, 5.41) is 8.73. The fraction of sp³-hybridized carbons (Fsp3) is 0.250. The molecular formula is C16H18N4S. The van der Waals surface area contributed by atoms with Crippen molar-refractivity contribution in [3.63, 3.8) is 0 Å². The maximum absolute atomic E-state index is 4.43. The average molecular weight is 298 g/mol. The van der Waals surface area contributed by atoms with E-state index in [0.717, 1.165) is 30.2 Å². The van der Waals surface area contributed by atoms with E-state index < -0.39 is 0 Å². The van der Waals surface area contributed by atoms with E-state index in [9.17, 15) is 0 Å². The smallest absolute Gasteiger partial charge is 0.182 e. The van der Waals surface area contributed by atoms with Crippen LogP contribution in [0, 0.1) is 0 Å². The van der Waals surface area contributed by atoms with E-state index in [1.807, 2.05) is 35.3 Å². The fourth-order valence-corrected chi connectivity index (χ4v) is 2.91. The van der Waals surface area contributed by atoms with Crippen molar-refractivity contribution < 1.29 is 0 Å². The molecule has 1 aromatic carbocycles. The molecule has 2 aromatic heterocycles. The van der Waals surface area contributed by atoms with Gasteiger partial charge < -0.3 is 5.32 Å². The third-order valence-electron chi connectivity index (χ3n) is 3.14. The second-order valence-corrected chi connectivity index (χ2v) is 5.97. The van der Waals surface area contributed by atoms with Crippen LogP contribution >= 0.6 is 11.3 Å². The summed E-state index contributed by atoms with van der Waals surface area (Å²) in [7, 11) is 0. The first-order chi connectivity index (χ1) is 10.3. The molecule has 21 heavy (non-hydrogen) atoms. The summed E-state index contributed by atoms with van der Waals surface area (Å²) < 4.78 is 1.96. The predicted octanol–water partition coefficient (Wildman–Crippen LogP) is 3.88. The zero-order valence-electron chi connectivity index (χ0n) is 12.0. The first-order valence-electron chi connectivity index (χ1n) is 7.11. The van der Waals surface area contributed by atoms with Gasteiger partial charge in [0.25, 0.3) is 0 Å². The standard InChI is InChI=1S/C16H18N4S/c1-2-8-17-16-18-10-15(21-16)12-20-11-14(9-19-20)13-6-4-3-5-7-13/h3-7,9-11H,2,8,12H2,1H3,(H,17,18). The van der Waals surface area contributed by atoms with Crippen molar-refractivity contribution in [1.29, 1.82) is 0 Å². The molecule has 0 aliphatic carbocycles. The highest BCUT2D eigenvalue weighted by molar-refractivity contribution is 7.15. The Bertz CT molecular complexity index is 687. The Balaban J connectivity index is 1.68. The number of nitrogens with one attached hydrogen (secondary N) is 1. The molecule has 4 nitrogen and oxygen atoms in total. The third-order valence-corrected chi connectivity index (χ3v) is 4.08. The van der Waals surface area contributed by atoms with Crippen LogP contribution in [0.15, 0.2) is 48.9 Å². The van der Waals surface area contributed by atoms with Gasteiger partial charge in [0.2, 0.25) is 0 Å². The minimum atomic E-state index is 0.762. The summed E-state index contributed by atoms with van der Waals surface area (Å²) in [4.78, 5) is 5.59. The van der Waals surface area contributed by atoms with Gasteiger partial charge in [0.05, 0.1) is 12.7 Å². The van der Waals surface area contributed by atoms with E-state index in [4.69, 9.17) is 0 Å². The molecule has 108 valence electrons. The number of aromatic nitrogens is 3. The van der Waals surface area contributed by atoms with Gasteiger partial charge in [-0.3, -0.25) is 4.68 Å². The zero-order valence-corrected chi connectivity index (χ0v) is 12.8. The maximum Gasteiger partial charge on any atom is 0.182 e. The predicted molar refractivity (Wildman–Crippen MR) is 87.7 cm³/mol. The lowest BCUT2D eigenvalue weighted by atomic mass is 10.1. The van der Waals surface area contributed by atoms with Crippen LogP contribution in [0.3, 0.4) is 0 Å². The summed E-state index contributed by atoms with van der Waals surface area (Å²) in [5.74, 6) is 0. The Hall–Kier alpha value is -2.14. The van der Waals surface area contributed by atoms with Crippen LogP contribution in [0.5, 0.6) is 0 Å². The Morgan fingerprint density at radius 1 is 1.14 bits per heavy atom. The van der Waals surface area contributed by atoms with Crippen molar-refractivity contribution in [2.45, 2.75) is 19.9 Å². The lowest BCUT2D eigenvalue weighted by Gasteiger charge is -1.98. The van der Waals surface area contributed by atoms with Crippen LogP contribution in [0.25, 0.3) is 11.1 Å². The topological polar surface area (TPSA) is 42.7 Å². The van der Waals surface area contributed by atoms with E-state index in [-0.39, 0.29) is 0 Å². The molecule has 0 aliphatic rings. The number of hydrogen-bond donors (Lipinski definition) is 1. The van der Waals surface area contributed by atoms with Crippen molar-refractivity contribution in [2.75, 3.05) is 11.9 Å². The molecule has 0 amide bonds. The molecule has 2 heterocycles. The highest BCUT2D eigenvalue weighted by atomic mass is 32.1. The van der Waals surface area contributed by atoms with E-state index >= 15 is 0 Å². The third kappa shape index (κ3) is 3.49. The molecule has 0 bridgehead atoms. The molecule has 0 fully saturated rings. The minimum Gasteiger partial charge on any atom is -0.362 e. The number of nitrogens with zero attached hydrogens (tertiary/aromatic N) is 3. The van der Waals surface area contributed by atoms with Crippen molar-refractivity contribution in [3.8, 4) is 11.1 Å². The molecule has 0 spiro atoms. The van der Waals surface area contributed by atoms with E-state index in [0.29, 0.717) is 0 Å². The van der Waals surface area contributed by atoms with Gasteiger partial charge in [0.1, 0.15) is 0 Å². The zero-order chi connectivity index (χ0) is 14.5. The Labute approximate surface area is 128 Å². The summed E-state index contributed by atoms with van der Waals surface area (Å²) in [6.07, 6.45) is 7.02. The lowest BCUT2D eigenvalue weighted by Crippen LogP contribution is -1.98. The number of thiazole rings is 1. The highest BCUT2D eigenvalue weighted by Gasteiger charge is 2.05. The maximum atomic E-state index is 4.43. The Morgan fingerprint density at radius 3 is 2.81 bits per heavy atom. The van der Waals surface area contributed by atoms with E-state index in [1.54, 1.807) is 11.3 Å². The van der Waals surface area contributed by atoms with Crippen LogP contribution < -0.4 is 5.32 Å². The first-order valence-corrected chi connectivity index (χ1v) is 7.93. The minimum absolute atomic E-state index is 0.762. The lowest BCUT2D eigenvalue weighted by molar-refractivity contribution is 0.694. The van der Waals surface area contributed by atoms with Gasteiger partial charge in [-0.15, -0.1) is 11.3 Å². The summed E-state index contributed by atoms with van der Waals surface area (Å²) >= 11 is 1.69. The van der Waals surface area contributed by atoms with Gasteiger partial charge in [-0.25, -0.2) is 4.98 Å². The molecule has 0 atom stereocenters. The largest absolute Gasteiger partial charge is 0.362 e. The van der Waals surface area contributed by atoms with Crippen molar-refractivity contribution in [3.05, 3.63) is 53.8 Å². The van der Waals surface area contributed by atoms with Gasteiger partial charge in [-0.2, -0.15) is 5.10 Å². The molecule has 0 saturated carbocycles. The molecule has 0 saturated heterocycles. The second kappa shape index (κ2) is 6.54. The van der Waals surface area contributed by atoms with Gasteiger partial charge in [0, 0.05) is 29.4 Å². The van der Waals surface area contributed by atoms with Crippen LogP contribution in [0.1, 0.15) is 18.2 Å². The van der Waals surface area contributed by atoms with Gasteiger partial charge in [0.15, 0.2) is 5.13 Å². The number of benzene rings is 1. The van der Waals surface area contributed by atoms with Crippen LogP contribution in [-0.4, -0.2) is 21.3 Å². The summed E-state index contributed by atoms with van der Waals surface area (Å²) in [5.41, 5.74) is 2.34. The molecule has 3 aromatic rings. The quantitative estimate of drug-likeness (QED) is 0.751. The average Bonchev–Trinajstić information content (AvgIpc) is 3.16. The molecule has 0 aliphatic heterocycles. The highest BCUT2D eigenvalue weighted by Crippen LogP contribution is 2.21. The van der Waals surface area contributed by atoms with E-state index in [1.165, 1.54) is 10.4 Å². The molecule has 1 N–H and O–H groups in total. The molecule has 0 radical (unpaired) electrons. The Kier molecular flexibility index (Phi) is 4.31. The SMILES string of the molecule is CCCNc1ncc(Cn2cc(-c3ccccc3)cn2)s1.